The molecule has 0 spiro atoms. The van der Waals surface area contributed by atoms with Crippen molar-refractivity contribution in [1.29, 1.82) is 0 Å². The van der Waals surface area contributed by atoms with Gasteiger partial charge < -0.3 is 5.32 Å². The molecule has 1 aliphatic rings. The predicted molar refractivity (Wildman–Crippen MR) is 86.0 cm³/mol. The number of hydrogen-bond donors (Lipinski definition) is 1. The molecule has 0 amide bonds. The first-order valence-electron chi connectivity index (χ1n) is 7.11. The molecule has 4 heteroatoms. The van der Waals surface area contributed by atoms with Gasteiger partial charge in [-0.05, 0) is 30.3 Å². The maximum atomic E-state index is 4.48. The highest BCUT2D eigenvalue weighted by molar-refractivity contribution is 7.99. The van der Waals surface area contributed by atoms with Gasteiger partial charge in [0.05, 0.1) is 18.1 Å². The fourth-order valence-corrected chi connectivity index (χ4v) is 3.55. The van der Waals surface area contributed by atoms with Crippen LogP contribution in [0.4, 0.5) is 5.82 Å². The second-order valence-electron chi connectivity index (χ2n) is 5.12. The van der Waals surface area contributed by atoms with Crippen LogP contribution in [0.1, 0.15) is 12.8 Å². The summed E-state index contributed by atoms with van der Waals surface area (Å²) >= 11 is 2.06. The zero-order valence-corrected chi connectivity index (χ0v) is 12.3. The molecular formula is C16H19N3S. The molecule has 0 bridgehead atoms. The summed E-state index contributed by atoms with van der Waals surface area (Å²) in [6.45, 7) is 1.01. The van der Waals surface area contributed by atoms with Gasteiger partial charge in [-0.25, -0.2) is 4.98 Å². The third kappa shape index (κ3) is 3.51. The maximum Gasteiger partial charge on any atom is 0.144 e. The number of nitrogens with zero attached hydrogens (tertiary/aromatic N) is 2. The van der Waals surface area contributed by atoms with Gasteiger partial charge in [-0.1, -0.05) is 30.3 Å². The van der Waals surface area contributed by atoms with Crippen LogP contribution in [-0.2, 0) is 0 Å². The van der Waals surface area contributed by atoms with Crippen molar-refractivity contribution in [3.63, 3.8) is 0 Å². The van der Waals surface area contributed by atoms with Crippen molar-refractivity contribution in [3.05, 3.63) is 42.7 Å². The van der Waals surface area contributed by atoms with Crippen molar-refractivity contribution in [3.8, 4) is 11.3 Å². The molecule has 1 saturated heterocycles. The molecule has 3 nitrogen and oxygen atoms in total. The molecule has 1 fully saturated rings. The van der Waals surface area contributed by atoms with Gasteiger partial charge in [0.15, 0.2) is 0 Å². The largest absolute Gasteiger partial charge is 0.368 e. The molecule has 1 aromatic heterocycles. The standard InChI is InChI=1S/C16H19N3S/c1-2-6-14(7-3-1)15-10-19-16(11-17-15)18-9-13-5-4-8-20-12-13/h1-3,6-7,10-11,13H,4-5,8-9,12H2,(H,18,19). The molecule has 1 atom stereocenters. The third-order valence-corrected chi connectivity index (χ3v) is 4.83. The topological polar surface area (TPSA) is 37.8 Å². The van der Waals surface area contributed by atoms with Crippen molar-refractivity contribution in [1.82, 2.24) is 9.97 Å². The summed E-state index contributed by atoms with van der Waals surface area (Å²) in [7, 11) is 0. The highest BCUT2D eigenvalue weighted by atomic mass is 32.2. The molecule has 20 heavy (non-hydrogen) atoms. The molecule has 1 unspecified atom stereocenters. The molecule has 2 heterocycles. The van der Waals surface area contributed by atoms with Crippen LogP contribution in [0.15, 0.2) is 42.7 Å². The minimum Gasteiger partial charge on any atom is -0.368 e. The number of hydrogen-bond acceptors (Lipinski definition) is 4. The summed E-state index contributed by atoms with van der Waals surface area (Å²) in [6.07, 6.45) is 6.34. The minimum atomic E-state index is 0.768. The third-order valence-electron chi connectivity index (χ3n) is 3.55. The Kier molecular flexibility index (Phi) is 4.53. The molecule has 2 aromatic rings. The Hall–Kier alpha value is -1.55. The van der Waals surface area contributed by atoms with Crippen molar-refractivity contribution in [2.45, 2.75) is 12.8 Å². The first-order valence-corrected chi connectivity index (χ1v) is 8.26. The number of aromatic nitrogens is 2. The maximum absolute atomic E-state index is 4.48. The molecule has 1 N–H and O–H groups in total. The van der Waals surface area contributed by atoms with Crippen LogP contribution in [0.25, 0.3) is 11.3 Å². The Morgan fingerprint density at radius 3 is 2.75 bits per heavy atom. The average Bonchev–Trinajstić information content (AvgIpc) is 2.55. The predicted octanol–water partition coefficient (Wildman–Crippen LogP) is 3.70. The fourth-order valence-electron chi connectivity index (χ4n) is 2.39. The first-order chi connectivity index (χ1) is 9.92. The van der Waals surface area contributed by atoms with Crippen LogP contribution in [0.3, 0.4) is 0 Å². The molecule has 104 valence electrons. The van der Waals surface area contributed by atoms with E-state index in [1.54, 1.807) is 0 Å². The van der Waals surface area contributed by atoms with Gasteiger partial charge in [0.1, 0.15) is 5.82 Å². The molecule has 0 saturated carbocycles. The number of benzene rings is 1. The highest BCUT2D eigenvalue weighted by Crippen LogP contribution is 2.23. The van der Waals surface area contributed by atoms with Crippen LogP contribution in [0.2, 0.25) is 0 Å². The van der Waals surface area contributed by atoms with Crippen molar-refractivity contribution in [2.75, 3.05) is 23.4 Å². The normalized spacial score (nSPS) is 18.7. The van der Waals surface area contributed by atoms with Crippen LogP contribution in [-0.4, -0.2) is 28.0 Å². The summed E-state index contributed by atoms with van der Waals surface area (Å²) < 4.78 is 0. The van der Waals surface area contributed by atoms with Crippen molar-refractivity contribution in [2.24, 2.45) is 5.92 Å². The Morgan fingerprint density at radius 1 is 1.15 bits per heavy atom. The van der Waals surface area contributed by atoms with E-state index in [0.29, 0.717) is 0 Å². The summed E-state index contributed by atoms with van der Waals surface area (Å²) in [5.41, 5.74) is 2.03. The molecular weight excluding hydrogens is 266 g/mol. The lowest BCUT2D eigenvalue weighted by Gasteiger charge is -2.21. The molecule has 1 aliphatic heterocycles. The Bertz CT molecular complexity index is 521. The molecule has 0 radical (unpaired) electrons. The summed E-state index contributed by atoms with van der Waals surface area (Å²) in [5.74, 6) is 4.23. The average molecular weight is 285 g/mol. The Balaban J connectivity index is 1.58. The lowest BCUT2D eigenvalue weighted by atomic mass is 10.1. The van der Waals surface area contributed by atoms with Crippen LogP contribution in [0.5, 0.6) is 0 Å². The highest BCUT2D eigenvalue weighted by Gasteiger charge is 2.13. The van der Waals surface area contributed by atoms with E-state index >= 15 is 0 Å². The monoisotopic (exact) mass is 285 g/mol. The van der Waals surface area contributed by atoms with E-state index in [1.807, 2.05) is 30.6 Å². The number of anilines is 1. The Labute approximate surface area is 124 Å². The van der Waals surface area contributed by atoms with Gasteiger partial charge in [0.2, 0.25) is 0 Å². The van der Waals surface area contributed by atoms with E-state index in [0.717, 1.165) is 29.5 Å². The van der Waals surface area contributed by atoms with Gasteiger partial charge >= 0.3 is 0 Å². The number of nitrogens with one attached hydrogen (secondary N) is 1. The summed E-state index contributed by atoms with van der Waals surface area (Å²) in [4.78, 5) is 8.94. The fraction of sp³-hybridized carbons (Fsp3) is 0.375. The van der Waals surface area contributed by atoms with Crippen LogP contribution < -0.4 is 5.32 Å². The van der Waals surface area contributed by atoms with E-state index in [-0.39, 0.29) is 0 Å². The van der Waals surface area contributed by atoms with Gasteiger partial charge in [-0.2, -0.15) is 11.8 Å². The second-order valence-corrected chi connectivity index (χ2v) is 6.27. The molecule has 1 aromatic carbocycles. The molecule has 0 aliphatic carbocycles. The van der Waals surface area contributed by atoms with E-state index in [9.17, 15) is 0 Å². The minimum absolute atomic E-state index is 0.768. The van der Waals surface area contributed by atoms with E-state index < -0.39 is 0 Å². The lowest BCUT2D eigenvalue weighted by molar-refractivity contribution is 0.548. The van der Waals surface area contributed by atoms with Gasteiger partial charge in [0.25, 0.3) is 0 Å². The van der Waals surface area contributed by atoms with Gasteiger partial charge in [-0.15, -0.1) is 0 Å². The van der Waals surface area contributed by atoms with E-state index in [4.69, 9.17) is 0 Å². The number of rotatable bonds is 4. The molecule has 3 rings (SSSR count). The van der Waals surface area contributed by atoms with Gasteiger partial charge in [0, 0.05) is 12.1 Å². The lowest BCUT2D eigenvalue weighted by Crippen LogP contribution is -2.20. The van der Waals surface area contributed by atoms with Crippen LogP contribution in [0, 0.1) is 5.92 Å². The summed E-state index contributed by atoms with van der Waals surface area (Å²) in [6, 6.07) is 10.1. The van der Waals surface area contributed by atoms with Gasteiger partial charge in [-0.3, -0.25) is 4.98 Å². The van der Waals surface area contributed by atoms with Crippen molar-refractivity contribution < 1.29 is 0 Å². The number of thioether (sulfide) groups is 1. The van der Waals surface area contributed by atoms with Crippen molar-refractivity contribution >= 4 is 17.6 Å². The zero-order valence-electron chi connectivity index (χ0n) is 11.5. The second kappa shape index (κ2) is 6.75. The van der Waals surface area contributed by atoms with E-state index in [2.05, 4.69) is 39.2 Å². The zero-order chi connectivity index (χ0) is 13.6. The quantitative estimate of drug-likeness (QED) is 0.929. The SMILES string of the molecule is c1ccc(-c2cnc(NCC3CCCSC3)cn2)cc1. The van der Waals surface area contributed by atoms with Crippen LogP contribution >= 0.6 is 11.8 Å². The smallest absolute Gasteiger partial charge is 0.144 e. The summed E-state index contributed by atoms with van der Waals surface area (Å²) in [5, 5.41) is 3.41. The van der Waals surface area contributed by atoms with E-state index in [1.165, 1.54) is 24.3 Å². The Morgan fingerprint density at radius 2 is 2.05 bits per heavy atom. The first kappa shape index (κ1) is 13.4.